The Morgan fingerprint density at radius 1 is 1.10 bits per heavy atom. The number of nitrogens with zero attached hydrogens (tertiary/aromatic N) is 4. The summed E-state index contributed by atoms with van der Waals surface area (Å²) in [7, 11) is 0. The van der Waals surface area contributed by atoms with E-state index < -0.39 is 5.82 Å². The second-order valence-electron chi connectivity index (χ2n) is 3.75. The molecule has 20 heavy (non-hydrogen) atoms. The number of rotatable bonds is 2. The minimum absolute atomic E-state index is 0.0159. The highest BCUT2D eigenvalue weighted by Crippen LogP contribution is 2.30. The van der Waals surface area contributed by atoms with Crippen LogP contribution in [-0.2, 0) is 0 Å². The number of aromatic nitrogens is 4. The minimum atomic E-state index is -0.716. The molecular weight excluding hydrogens is 306 g/mol. The van der Waals surface area contributed by atoms with E-state index in [0.717, 1.165) is 6.07 Å². The fourth-order valence-electron chi connectivity index (χ4n) is 1.53. The molecule has 0 aliphatic heterocycles. The zero-order chi connectivity index (χ0) is 14.1. The lowest BCUT2D eigenvalue weighted by molar-refractivity contribution is 0.580. The van der Waals surface area contributed by atoms with Gasteiger partial charge < -0.3 is 4.42 Å². The molecule has 0 saturated carbocycles. The third-order valence-electron chi connectivity index (χ3n) is 2.45. The zero-order valence-corrected chi connectivity index (χ0v) is 11.2. The van der Waals surface area contributed by atoms with Gasteiger partial charge in [-0.25, -0.2) is 9.37 Å². The lowest BCUT2D eigenvalue weighted by Gasteiger charge is -2.00. The maximum absolute atomic E-state index is 13.4. The molecule has 0 amide bonds. The second kappa shape index (κ2) is 5.15. The molecule has 0 fully saturated rings. The number of pyridine rings is 2. The van der Waals surface area contributed by atoms with Crippen molar-refractivity contribution in [2.24, 2.45) is 0 Å². The molecule has 0 atom stereocenters. The highest BCUT2D eigenvalue weighted by atomic mass is 35.5. The van der Waals surface area contributed by atoms with Gasteiger partial charge in [-0.3, -0.25) is 4.98 Å². The molecule has 8 heteroatoms. The van der Waals surface area contributed by atoms with E-state index in [1.807, 2.05) is 0 Å². The average molecular weight is 311 g/mol. The van der Waals surface area contributed by atoms with Crippen molar-refractivity contribution in [1.29, 1.82) is 0 Å². The molecule has 3 aromatic rings. The monoisotopic (exact) mass is 310 g/mol. The third kappa shape index (κ3) is 2.35. The molecule has 0 aliphatic carbocycles. The molecule has 0 bridgehead atoms. The molecule has 0 aromatic carbocycles. The Balaban J connectivity index is 2.05. The summed E-state index contributed by atoms with van der Waals surface area (Å²) in [6, 6.07) is 4.58. The summed E-state index contributed by atoms with van der Waals surface area (Å²) >= 11 is 11.4. The highest BCUT2D eigenvalue weighted by Gasteiger charge is 2.17. The molecule has 0 aliphatic rings. The maximum Gasteiger partial charge on any atom is 0.251 e. The SMILES string of the molecule is Fc1cc(-c2nnc(-c3cccnc3)o2)c(Cl)nc1Cl. The van der Waals surface area contributed by atoms with Crippen LogP contribution in [0.2, 0.25) is 10.3 Å². The Bertz CT molecular complexity index is 763. The lowest BCUT2D eigenvalue weighted by Crippen LogP contribution is -1.89. The quantitative estimate of drug-likeness (QED) is 0.676. The first-order valence-corrected chi connectivity index (χ1v) is 6.16. The van der Waals surface area contributed by atoms with Gasteiger partial charge in [-0.05, 0) is 18.2 Å². The van der Waals surface area contributed by atoms with Gasteiger partial charge >= 0.3 is 0 Å². The van der Waals surface area contributed by atoms with Gasteiger partial charge in [0.05, 0.1) is 11.1 Å². The van der Waals surface area contributed by atoms with Gasteiger partial charge in [-0.2, -0.15) is 0 Å². The van der Waals surface area contributed by atoms with Crippen molar-refractivity contribution < 1.29 is 8.81 Å². The summed E-state index contributed by atoms with van der Waals surface area (Å²) in [6.07, 6.45) is 3.19. The lowest BCUT2D eigenvalue weighted by atomic mass is 10.3. The molecule has 5 nitrogen and oxygen atoms in total. The molecule has 3 heterocycles. The standard InChI is InChI=1S/C12H5Cl2FN4O/c13-9-7(4-8(15)10(14)17-9)12-19-18-11(20-12)6-2-1-3-16-5-6/h1-5H. The summed E-state index contributed by atoms with van der Waals surface area (Å²) in [5.74, 6) is -0.413. The molecule has 0 unspecified atom stereocenters. The summed E-state index contributed by atoms with van der Waals surface area (Å²) in [4.78, 5) is 7.59. The highest BCUT2D eigenvalue weighted by molar-refractivity contribution is 6.34. The smallest absolute Gasteiger partial charge is 0.251 e. The Labute approximate surface area is 122 Å². The molecule has 100 valence electrons. The van der Waals surface area contributed by atoms with Crippen molar-refractivity contribution >= 4 is 23.2 Å². The third-order valence-corrected chi connectivity index (χ3v) is 3.00. The summed E-state index contributed by atoms with van der Waals surface area (Å²) in [5, 5.41) is 7.34. The Kier molecular flexibility index (Phi) is 3.33. The Morgan fingerprint density at radius 3 is 2.65 bits per heavy atom. The maximum atomic E-state index is 13.4. The largest absolute Gasteiger partial charge is 0.416 e. The topological polar surface area (TPSA) is 64.7 Å². The van der Waals surface area contributed by atoms with E-state index in [1.165, 1.54) is 0 Å². The van der Waals surface area contributed by atoms with Crippen LogP contribution in [0.5, 0.6) is 0 Å². The van der Waals surface area contributed by atoms with Crippen LogP contribution in [-0.4, -0.2) is 20.2 Å². The molecule has 3 rings (SSSR count). The summed E-state index contributed by atoms with van der Waals surface area (Å²) in [6.45, 7) is 0. The normalized spacial score (nSPS) is 10.8. The van der Waals surface area contributed by atoms with Crippen LogP contribution in [0.25, 0.3) is 22.9 Å². The first-order valence-electron chi connectivity index (χ1n) is 5.41. The van der Waals surface area contributed by atoms with E-state index in [2.05, 4.69) is 20.2 Å². The van der Waals surface area contributed by atoms with E-state index in [4.69, 9.17) is 27.6 Å². The minimum Gasteiger partial charge on any atom is -0.416 e. The van der Waals surface area contributed by atoms with Gasteiger partial charge in [0.25, 0.3) is 5.89 Å². The van der Waals surface area contributed by atoms with Crippen LogP contribution in [0, 0.1) is 5.82 Å². The molecule has 0 N–H and O–H groups in total. The molecule has 3 aromatic heterocycles. The number of hydrogen-bond donors (Lipinski definition) is 0. The number of halogens is 3. The molecular formula is C12H5Cl2FN4O. The summed E-state index contributed by atoms with van der Waals surface area (Å²) in [5.41, 5.74) is 0.820. The van der Waals surface area contributed by atoms with Gasteiger partial charge in [0.15, 0.2) is 11.0 Å². The van der Waals surface area contributed by atoms with Gasteiger partial charge in [-0.15, -0.1) is 10.2 Å². The van der Waals surface area contributed by atoms with Crippen molar-refractivity contribution in [3.05, 3.63) is 46.7 Å². The Hall–Kier alpha value is -2.05. The van der Waals surface area contributed by atoms with Gasteiger partial charge in [0.2, 0.25) is 5.89 Å². The van der Waals surface area contributed by atoms with Crippen LogP contribution in [0.1, 0.15) is 0 Å². The van der Waals surface area contributed by atoms with Crippen LogP contribution >= 0.6 is 23.2 Å². The van der Waals surface area contributed by atoms with Crippen molar-refractivity contribution in [3.8, 4) is 22.9 Å². The van der Waals surface area contributed by atoms with Crippen LogP contribution < -0.4 is 0 Å². The second-order valence-corrected chi connectivity index (χ2v) is 4.47. The van der Waals surface area contributed by atoms with Gasteiger partial charge in [0.1, 0.15) is 5.15 Å². The number of hydrogen-bond acceptors (Lipinski definition) is 5. The van der Waals surface area contributed by atoms with Crippen molar-refractivity contribution in [1.82, 2.24) is 20.2 Å². The first kappa shape index (κ1) is 13.0. The average Bonchev–Trinajstić information content (AvgIpc) is 2.93. The van der Waals surface area contributed by atoms with Crippen molar-refractivity contribution in [2.45, 2.75) is 0 Å². The van der Waals surface area contributed by atoms with E-state index in [9.17, 15) is 4.39 Å². The first-order chi connectivity index (χ1) is 9.65. The van der Waals surface area contributed by atoms with Crippen LogP contribution in [0.3, 0.4) is 0 Å². The fraction of sp³-hybridized carbons (Fsp3) is 0. The van der Waals surface area contributed by atoms with Crippen molar-refractivity contribution in [2.75, 3.05) is 0 Å². The van der Waals surface area contributed by atoms with Crippen molar-refractivity contribution in [3.63, 3.8) is 0 Å². The molecule has 0 spiro atoms. The van der Waals surface area contributed by atoms with E-state index in [1.54, 1.807) is 24.5 Å². The van der Waals surface area contributed by atoms with Gasteiger partial charge in [0, 0.05) is 12.4 Å². The molecule has 0 saturated heterocycles. The van der Waals surface area contributed by atoms with E-state index in [-0.39, 0.29) is 27.7 Å². The predicted octanol–water partition coefficient (Wildman–Crippen LogP) is 3.64. The van der Waals surface area contributed by atoms with Crippen LogP contribution in [0.4, 0.5) is 4.39 Å². The van der Waals surface area contributed by atoms with E-state index in [0.29, 0.717) is 5.56 Å². The van der Waals surface area contributed by atoms with Gasteiger partial charge in [-0.1, -0.05) is 23.2 Å². The fourth-order valence-corrected chi connectivity index (χ4v) is 1.94. The zero-order valence-electron chi connectivity index (χ0n) is 9.72. The predicted molar refractivity (Wildman–Crippen MR) is 70.7 cm³/mol. The molecule has 0 radical (unpaired) electrons. The summed E-state index contributed by atoms with van der Waals surface area (Å²) < 4.78 is 18.9. The van der Waals surface area contributed by atoms with E-state index >= 15 is 0 Å². The Morgan fingerprint density at radius 2 is 1.90 bits per heavy atom. The van der Waals surface area contributed by atoms with Crippen LogP contribution in [0.15, 0.2) is 35.0 Å².